The van der Waals surface area contributed by atoms with E-state index in [9.17, 15) is 14.7 Å². The number of carbonyl (C=O) groups is 2. The minimum atomic E-state index is -1.01. The summed E-state index contributed by atoms with van der Waals surface area (Å²) in [5.74, 6) is -1.15. The molecule has 5 heteroatoms. The van der Waals surface area contributed by atoms with E-state index in [1.165, 1.54) is 0 Å². The van der Waals surface area contributed by atoms with E-state index in [4.69, 9.17) is 4.74 Å². The van der Waals surface area contributed by atoms with Crippen LogP contribution in [0, 0.1) is 11.3 Å². The quantitative estimate of drug-likeness (QED) is 0.673. The molecule has 0 aliphatic rings. The Labute approximate surface area is 109 Å². The zero-order valence-electron chi connectivity index (χ0n) is 12.0. The molecule has 0 fully saturated rings. The smallest absolute Gasteiger partial charge is 0.310 e. The number of aliphatic carboxylic acids is 1. The van der Waals surface area contributed by atoms with Crippen molar-refractivity contribution in [2.75, 3.05) is 27.3 Å². The van der Waals surface area contributed by atoms with E-state index < -0.39 is 11.4 Å². The number of methoxy groups -OCH3 is 1. The minimum absolute atomic E-state index is 0.0312. The molecule has 0 aromatic rings. The molecule has 0 heterocycles. The molecule has 0 spiro atoms. The molecule has 0 aliphatic carbocycles. The van der Waals surface area contributed by atoms with Gasteiger partial charge in [-0.3, -0.25) is 9.59 Å². The van der Waals surface area contributed by atoms with Gasteiger partial charge in [-0.05, 0) is 19.3 Å². The fraction of sp³-hybridized carbons (Fsp3) is 0.846. The number of hydrogen-bond donors (Lipinski definition) is 1. The van der Waals surface area contributed by atoms with Crippen molar-refractivity contribution in [3.63, 3.8) is 0 Å². The first-order valence-corrected chi connectivity index (χ1v) is 6.22. The highest BCUT2D eigenvalue weighted by molar-refractivity contribution is 5.84. The van der Waals surface area contributed by atoms with Crippen LogP contribution in [0.25, 0.3) is 0 Å². The highest BCUT2D eigenvalue weighted by atomic mass is 16.5. The summed E-state index contributed by atoms with van der Waals surface area (Å²) in [5, 5.41) is 9.26. The first-order chi connectivity index (χ1) is 8.25. The third kappa shape index (κ3) is 4.64. The molecule has 0 bridgehead atoms. The topological polar surface area (TPSA) is 66.8 Å². The Balaban J connectivity index is 4.47. The molecule has 0 aromatic carbocycles. The summed E-state index contributed by atoms with van der Waals surface area (Å²) in [7, 11) is 3.31. The van der Waals surface area contributed by atoms with Crippen LogP contribution in [-0.4, -0.2) is 49.2 Å². The standard InChI is InChI=1S/C13H25NO4/c1-10(2)13(3,12(16)17)9-11(15)14(4)7-6-8-18-5/h10H,6-9H2,1-5H3,(H,16,17). The van der Waals surface area contributed by atoms with Gasteiger partial charge in [0.25, 0.3) is 0 Å². The van der Waals surface area contributed by atoms with E-state index in [1.807, 2.05) is 13.8 Å². The molecule has 0 aliphatic heterocycles. The van der Waals surface area contributed by atoms with Gasteiger partial charge in [0, 0.05) is 33.7 Å². The van der Waals surface area contributed by atoms with E-state index in [2.05, 4.69) is 0 Å². The molecule has 0 radical (unpaired) electrons. The van der Waals surface area contributed by atoms with Crippen LogP contribution >= 0.6 is 0 Å². The Bertz CT molecular complexity index is 291. The Hall–Kier alpha value is -1.10. The van der Waals surface area contributed by atoms with Gasteiger partial charge in [0.15, 0.2) is 0 Å². The highest BCUT2D eigenvalue weighted by Crippen LogP contribution is 2.31. The molecule has 106 valence electrons. The van der Waals surface area contributed by atoms with Gasteiger partial charge in [0.1, 0.15) is 0 Å². The van der Waals surface area contributed by atoms with Crippen molar-refractivity contribution in [2.45, 2.75) is 33.6 Å². The second-order valence-corrected chi connectivity index (χ2v) is 5.22. The van der Waals surface area contributed by atoms with Crippen LogP contribution in [0.2, 0.25) is 0 Å². The Morgan fingerprint density at radius 3 is 2.33 bits per heavy atom. The molecule has 1 amide bonds. The summed E-state index contributed by atoms with van der Waals surface area (Å²) in [6.07, 6.45) is 0.785. The van der Waals surface area contributed by atoms with Crippen LogP contribution in [0.15, 0.2) is 0 Å². The van der Waals surface area contributed by atoms with Gasteiger partial charge in [-0.15, -0.1) is 0 Å². The third-order valence-corrected chi connectivity index (χ3v) is 3.55. The predicted octanol–water partition coefficient (Wildman–Crippen LogP) is 1.62. The lowest BCUT2D eigenvalue weighted by Crippen LogP contribution is -2.40. The Morgan fingerprint density at radius 2 is 1.94 bits per heavy atom. The number of nitrogens with zero attached hydrogens (tertiary/aromatic N) is 1. The molecule has 1 unspecified atom stereocenters. The average molecular weight is 259 g/mol. The molecule has 18 heavy (non-hydrogen) atoms. The number of rotatable bonds is 8. The SMILES string of the molecule is COCCCN(C)C(=O)CC(C)(C(=O)O)C(C)C. The maximum absolute atomic E-state index is 12.0. The summed E-state index contributed by atoms with van der Waals surface area (Å²) >= 11 is 0. The van der Waals surface area contributed by atoms with Gasteiger partial charge in [-0.1, -0.05) is 13.8 Å². The first kappa shape index (κ1) is 16.9. The first-order valence-electron chi connectivity index (χ1n) is 6.22. The van der Waals surface area contributed by atoms with Crippen LogP contribution in [-0.2, 0) is 14.3 Å². The third-order valence-electron chi connectivity index (χ3n) is 3.55. The van der Waals surface area contributed by atoms with Crippen molar-refractivity contribution in [3.8, 4) is 0 Å². The molecule has 1 N–H and O–H groups in total. The lowest BCUT2D eigenvalue weighted by Gasteiger charge is -2.30. The fourth-order valence-electron chi connectivity index (χ4n) is 1.55. The number of carboxylic acids is 1. The molecule has 5 nitrogen and oxygen atoms in total. The number of carbonyl (C=O) groups excluding carboxylic acids is 1. The Morgan fingerprint density at radius 1 is 1.39 bits per heavy atom. The fourth-order valence-corrected chi connectivity index (χ4v) is 1.55. The largest absolute Gasteiger partial charge is 0.481 e. The predicted molar refractivity (Wildman–Crippen MR) is 69.3 cm³/mol. The van der Waals surface area contributed by atoms with Crippen molar-refractivity contribution >= 4 is 11.9 Å². The van der Waals surface area contributed by atoms with Gasteiger partial charge in [-0.25, -0.2) is 0 Å². The van der Waals surface area contributed by atoms with E-state index in [-0.39, 0.29) is 18.2 Å². The second kappa shape index (κ2) is 7.36. The monoisotopic (exact) mass is 259 g/mol. The number of ether oxygens (including phenoxy) is 1. The second-order valence-electron chi connectivity index (χ2n) is 5.22. The van der Waals surface area contributed by atoms with Crippen LogP contribution in [0.3, 0.4) is 0 Å². The summed E-state index contributed by atoms with van der Waals surface area (Å²) < 4.78 is 4.92. The molecular formula is C13H25NO4. The van der Waals surface area contributed by atoms with Gasteiger partial charge in [0.2, 0.25) is 5.91 Å². The van der Waals surface area contributed by atoms with Crippen molar-refractivity contribution in [1.82, 2.24) is 4.90 Å². The van der Waals surface area contributed by atoms with Crippen molar-refractivity contribution in [1.29, 1.82) is 0 Å². The minimum Gasteiger partial charge on any atom is -0.481 e. The summed E-state index contributed by atoms with van der Waals surface area (Å²) in [6, 6.07) is 0. The van der Waals surface area contributed by atoms with Crippen molar-refractivity contribution in [3.05, 3.63) is 0 Å². The van der Waals surface area contributed by atoms with Crippen molar-refractivity contribution < 1.29 is 19.4 Å². The molecule has 0 saturated heterocycles. The zero-order valence-corrected chi connectivity index (χ0v) is 12.0. The molecule has 0 aromatic heterocycles. The van der Waals surface area contributed by atoms with Crippen molar-refractivity contribution in [2.24, 2.45) is 11.3 Å². The zero-order chi connectivity index (χ0) is 14.3. The normalized spacial score (nSPS) is 14.3. The molecule has 0 saturated carbocycles. The van der Waals surface area contributed by atoms with Crippen LogP contribution in [0.4, 0.5) is 0 Å². The van der Waals surface area contributed by atoms with Gasteiger partial charge in [-0.2, -0.15) is 0 Å². The number of hydrogen-bond acceptors (Lipinski definition) is 3. The lowest BCUT2D eigenvalue weighted by molar-refractivity contribution is -0.155. The molecule has 0 rings (SSSR count). The molecular weight excluding hydrogens is 234 g/mol. The molecule has 1 atom stereocenters. The van der Waals surface area contributed by atoms with Gasteiger partial charge >= 0.3 is 5.97 Å². The summed E-state index contributed by atoms with van der Waals surface area (Å²) in [5.41, 5.74) is -1.01. The average Bonchev–Trinajstić information content (AvgIpc) is 2.28. The number of carboxylic acid groups (broad SMARTS) is 1. The lowest BCUT2D eigenvalue weighted by atomic mass is 9.76. The number of amides is 1. The van der Waals surface area contributed by atoms with E-state index in [0.717, 1.165) is 6.42 Å². The maximum Gasteiger partial charge on any atom is 0.310 e. The summed E-state index contributed by atoms with van der Waals surface area (Å²) in [4.78, 5) is 24.8. The van der Waals surface area contributed by atoms with Gasteiger partial charge < -0.3 is 14.7 Å². The maximum atomic E-state index is 12.0. The van der Waals surface area contributed by atoms with Crippen LogP contribution < -0.4 is 0 Å². The van der Waals surface area contributed by atoms with E-state index >= 15 is 0 Å². The highest BCUT2D eigenvalue weighted by Gasteiger charge is 2.39. The van der Waals surface area contributed by atoms with E-state index in [0.29, 0.717) is 13.2 Å². The Kier molecular flexibility index (Phi) is 6.91. The van der Waals surface area contributed by atoms with Crippen LogP contribution in [0.5, 0.6) is 0 Å². The van der Waals surface area contributed by atoms with Crippen LogP contribution in [0.1, 0.15) is 33.6 Å². The summed E-state index contributed by atoms with van der Waals surface area (Å²) in [6.45, 7) is 6.46. The van der Waals surface area contributed by atoms with E-state index in [1.54, 1.807) is 26.0 Å². The van der Waals surface area contributed by atoms with Gasteiger partial charge in [0.05, 0.1) is 5.41 Å².